The predicted octanol–water partition coefficient (Wildman–Crippen LogP) is 5.12. The molecule has 0 N–H and O–H groups in total. The molecule has 1 aliphatic carbocycles. The van der Waals surface area contributed by atoms with Gasteiger partial charge >= 0.3 is 0 Å². The molecule has 1 unspecified atom stereocenters. The zero-order valence-electron chi connectivity index (χ0n) is 12.7. The highest BCUT2D eigenvalue weighted by atomic mass is 35.5. The molecule has 1 saturated carbocycles. The molecule has 0 aliphatic heterocycles. The second-order valence-electron chi connectivity index (χ2n) is 6.56. The van der Waals surface area contributed by atoms with Gasteiger partial charge in [-0.1, -0.05) is 50.4 Å². The van der Waals surface area contributed by atoms with E-state index in [9.17, 15) is 10.1 Å². The van der Waals surface area contributed by atoms with Crippen molar-refractivity contribution in [3.05, 3.63) is 34.9 Å². The minimum Gasteiger partial charge on any atom is -0.297 e. The van der Waals surface area contributed by atoms with Gasteiger partial charge in [0.05, 0.1) is 6.07 Å². The van der Waals surface area contributed by atoms with Crippen LogP contribution in [0.15, 0.2) is 24.3 Å². The number of benzene rings is 1. The molecule has 1 aromatic carbocycles. The molecule has 0 heterocycles. The van der Waals surface area contributed by atoms with Gasteiger partial charge in [0.1, 0.15) is 5.92 Å². The van der Waals surface area contributed by atoms with E-state index in [1.807, 2.05) is 0 Å². The lowest BCUT2D eigenvalue weighted by molar-refractivity contribution is -0.129. The molecular formula is C18H22ClNO. The van der Waals surface area contributed by atoms with Gasteiger partial charge in [0.25, 0.3) is 0 Å². The Morgan fingerprint density at radius 1 is 1.29 bits per heavy atom. The molecule has 1 aliphatic rings. The van der Waals surface area contributed by atoms with Crippen molar-refractivity contribution in [2.24, 2.45) is 11.3 Å². The lowest BCUT2D eigenvalue weighted by Crippen LogP contribution is -2.33. The molecule has 0 saturated heterocycles. The van der Waals surface area contributed by atoms with E-state index < -0.39 is 5.92 Å². The third-order valence-corrected chi connectivity index (χ3v) is 4.73. The zero-order chi connectivity index (χ0) is 15.5. The average molecular weight is 304 g/mol. The summed E-state index contributed by atoms with van der Waals surface area (Å²) in [7, 11) is 0. The maximum absolute atomic E-state index is 13.1. The second-order valence-corrected chi connectivity index (χ2v) is 7.00. The zero-order valence-corrected chi connectivity index (χ0v) is 13.5. The molecule has 0 spiro atoms. The first-order valence-corrected chi connectivity index (χ1v) is 8.06. The summed E-state index contributed by atoms with van der Waals surface area (Å²) < 4.78 is 0. The molecule has 0 amide bonds. The Balaban J connectivity index is 2.30. The largest absolute Gasteiger partial charge is 0.297 e. The molecule has 3 heteroatoms. The molecule has 2 rings (SSSR count). The number of ketones is 1. The third kappa shape index (κ3) is 3.47. The van der Waals surface area contributed by atoms with Crippen molar-refractivity contribution in [1.82, 2.24) is 0 Å². The molecule has 1 fully saturated rings. The maximum Gasteiger partial charge on any atom is 0.160 e. The van der Waals surface area contributed by atoms with Gasteiger partial charge in [-0.2, -0.15) is 5.26 Å². The van der Waals surface area contributed by atoms with Crippen LogP contribution >= 0.6 is 11.6 Å². The fraction of sp³-hybridized carbons (Fsp3) is 0.556. The van der Waals surface area contributed by atoms with E-state index in [1.54, 1.807) is 24.3 Å². The maximum atomic E-state index is 13.1. The van der Waals surface area contributed by atoms with Gasteiger partial charge in [-0.05, 0) is 42.9 Å². The number of nitrogens with zero attached hydrogens (tertiary/aromatic N) is 1. The van der Waals surface area contributed by atoms with E-state index in [1.165, 1.54) is 0 Å². The van der Waals surface area contributed by atoms with E-state index >= 15 is 0 Å². The van der Waals surface area contributed by atoms with Crippen molar-refractivity contribution < 1.29 is 4.79 Å². The molecule has 0 radical (unpaired) electrons. The predicted molar refractivity (Wildman–Crippen MR) is 85.2 cm³/mol. The summed E-state index contributed by atoms with van der Waals surface area (Å²) in [6, 6.07) is 9.31. The van der Waals surface area contributed by atoms with Gasteiger partial charge in [-0.3, -0.25) is 4.79 Å². The van der Waals surface area contributed by atoms with Crippen molar-refractivity contribution in [2.45, 2.75) is 51.9 Å². The highest BCUT2D eigenvalue weighted by molar-refractivity contribution is 6.30. The van der Waals surface area contributed by atoms with Crippen molar-refractivity contribution in [3.8, 4) is 6.07 Å². The molecule has 0 bridgehead atoms. The van der Waals surface area contributed by atoms with Crippen LogP contribution in [0, 0.1) is 22.7 Å². The van der Waals surface area contributed by atoms with E-state index in [4.69, 9.17) is 11.6 Å². The standard InChI is InChI=1S/C18H22ClNO/c1-13(2)11-18(9-3-4-10-18)17(21)16(12-20)14-5-7-15(19)8-6-14/h5-8,13,16H,3-4,9-11H2,1-2H3. The van der Waals surface area contributed by atoms with Gasteiger partial charge < -0.3 is 0 Å². The Labute approximate surface area is 132 Å². The summed E-state index contributed by atoms with van der Waals surface area (Å²) in [5.41, 5.74) is 0.468. The fourth-order valence-electron chi connectivity index (χ4n) is 3.63. The van der Waals surface area contributed by atoms with Crippen LogP contribution in [0.25, 0.3) is 0 Å². The van der Waals surface area contributed by atoms with E-state index in [0.29, 0.717) is 10.9 Å². The topological polar surface area (TPSA) is 40.9 Å². The van der Waals surface area contributed by atoms with Crippen LogP contribution in [0.4, 0.5) is 0 Å². The van der Waals surface area contributed by atoms with Gasteiger partial charge in [-0.25, -0.2) is 0 Å². The quantitative estimate of drug-likeness (QED) is 0.757. The molecule has 1 atom stereocenters. The second kappa shape index (κ2) is 6.62. The molecular weight excluding hydrogens is 282 g/mol. The molecule has 21 heavy (non-hydrogen) atoms. The summed E-state index contributed by atoms with van der Waals surface area (Å²) >= 11 is 5.89. The highest BCUT2D eigenvalue weighted by Gasteiger charge is 2.44. The van der Waals surface area contributed by atoms with E-state index in [0.717, 1.165) is 37.7 Å². The number of hydrogen-bond acceptors (Lipinski definition) is 2. The van der Waals surface area contributed by atoms with E-state index in [2.05, 4.69) is 19.9 Å². The lowest BCUT2D eigenvalue weighted by Gasteiger charge is -2.31. The van der Waals surface area contributed by atoms with Gasteiger partial charge in [0.15, 0.2) is 5.78 Å². The Hall–Kier alpha value is -1.33. The average Bonchev–Trinajstić information content (AvgIpc) is 2.90. The summed E-state index contributed by atoms with van der Waals surface area (Å²) in [6.07, 6.45) is 4.93. The smallest absolute Gasteiger partial charge is 0.160 e. The molecule has 112 valence electrons. The Morgan fingerprint density at radius 3 is 2.33 bits per heavy atom. The van der Waals surface area contributed by atoms with Crippen molar-refractivity contribution in [2.75, 3.05) is 0 Å². The van der Waals surface area contributed by atoms with Crippen molar-refractivity contribution in [3.63, 3.8) is 0 Å². The van der Waals surface area contributed by atoms with Crippen LogP contribution < -0.4 is 0 Å². The van der Waals surface area contributed by atoms with E-state index in [-0.39, 0.29) is 11.2 Å². The first-order chi connectivity index (χ1) is 9.98. The van der Waals surface area contributed by atoms with Crippen LogP contribution in [0.1, 0.15) is 57.4 Å². The summed E-state index contributed by atoms with van der Waals surface area (Å²) in [6.45, 7) is 4.30. The number of nitriles is 1. The number of carbonyl (C=O) groups is 1. The van der Waals surface area contributed by atoms with Crippen LogP contribution in [-0.4, -0.2) is 5.78 Å². The first kappa shape index (κ1) is 16.0. The van der Waals surface area contributed by atoms with Gasteiger partial charge in [0, 0.05) is 10.4 Å². The Kier molecular flexibility index (Phi) is 5.06. The Bertz CT molecular complexity index is 535. The summed E-state index contributed by atoms with van der Waals surface area (Å²) in [4.78, 5) is 13.1. The van der Waals surface area contributed by atoms with Gasteiger partial charge in [0.2, 0.25) is 0 Å². The first-order valence-electron chi connectivity index (χ1n) is 7.68. The number of rotatable bonds is 5. The third-order valence-electron chi connectivity index (χ3n) is 4.48. The van der Waals surface area contributed by atoms with Crippen LogP contribution in [0.3, 0.4) is 0 Å². The normalized spacial score (nSPS) is 18.4. The monoisotopic (exact) mass is 303 g/mol. The molecule has 0 aromatic heterocycles. The van der Waals surface area contributed by atoms with Crippen LogP contribution in [0.2, 0.25) is 5.02 Å². The molecule has 1 aromatic rings. The SMILES string of the molecule is CC(C)CC1(C(=O)C(C#N)c2ccc(Cl)cc2)CCCC1. The summed E-state index contributed by atoms with van der Waals surface area (Å²) in [5, 5.41) is 10.1. The lowest BCUT2D eigenvalue weighted by atomic mass is 9.70. The number of hydrogen-bond donors (Lipinski definition) is 0. The van der Waals surface area contributed by atoms with Crippen molar-refractivity contribution in [1.29, 1.82) is 5.26 Å². The minimum absolute atomic E-state index is 0.110. The highest BCUT2D eigenvalue weighted by Crippen LogP contribution is 2.46. The number of halogens is 1. The minimum atomic E-state index is -0.667. The fourth-order valence-corrected chi connectivity index (χ4v) is 3.76. The number of carbonyl (C=O) groups excluding carboxylic acids is 1. The number of Topliss-reactive ketones (excluding diaryl/α,β-unsaturated/α-hetero) is 1. The van der Waals surface area contributed by atoms with Crippen LogP contribution in [0.5, 0.6) is 0 Å². The molecule has 2 nitrogen and oxygen atoms in total. The van der Waals surface area contributed by atoms with Crippen LogP contribution in [-0.2, 0) is 4.79 Å². The van der Waals surface area contributed by atoms with Gasteiger partial charge in [-0.15, -0.1) is 0 Å². The van der Waals surface area contributed by atoms with Crippen molar-refractivity contribution >= 4 is 17.4 Å². The Morgan fingerprint density at radius 2 is 1.86 bits per heavy atom. The summed E-state index contributed by atoms with van der Waals surface area (Å²) in [5.74, 6) is -0.0887.